The van der Waals surface area contributed by atoms with Crippen LogP contribution in [0, 0.1) is 36.0 Å². The van der Waals surface area contributed by atoms with Crippen LogP contribution in [-0.2, 0) is 13.1 Å². The van der Waals surface area contributed by atoms with E-state index in [0.29, 0.717) is 22.9 Å². The lowest BCUT2D eigenvalue weighted by molar-refractivity contribution is 0.450. The number of hydrogen-bond acceptors (Lipinski definition) is 4. The maximum atomic E-state index is 14.5. The molecule has 4 aromatic carbocycles. The molecule has 0 radical (unpaired) electrons. The van der Waals surface area contributed by atoms with Crippen molar-refractivity contribution in [3.8, 4) is 11.5 Å². The Kier molecular flexibility index (Phi) is 8.51. The molecule has 0 saturated carbocycles. The minimum Gasteiger partial charge on any atom is -0.457 e. The SMILES string of the molecule is Cc1c(F)cc(CN(N)c2ccc(Oc3ccc(NCc4cc(F)c(F)c(F)c4P)cc3)cc2)c(F)c1P. The Morgan fingerprint density at radius 1 is 0.763 bits per heavy atom. The van der Waals surface area contributed by atoms with E-state index in [1.54, 1.807) is 48.5 Å². The first kappa shape index (κ1) is 27.8. The number of hydrazine groups is 1. The van der Waals surface area contributed by atoms with E-state index in [4.69, 9.17) is 10.6 Å². The van der Waals surface area contributed by atoms with E-state index in [2.05, 4.69) is 23.8 Å². The monoisotopic (exact) mass is 563 g/mol. The molecule has 0 heterocycles. The molecule has 0 fully saturated rings. The molecule has 0 spiro atoms. The van der Waals surface area contributed by atoms with Gasteiger partial charge in [-0.15, -0.1) is 18.5 Å². The van der Waals surface area contributed by atoms with Gasteiger partial charge in [0.25, 0.3) is 0 Å². The van der Waals surface area contributed by atoms with Crippen LogP contribution in [0.5, 0.6) is 11.5 Å². The number of rotatable bonds is 8. The smallest absolute Gasteiger partial charge is 0.195 e. The minimum absolute atomic E-state index is 0.0332. The molecule has 198 valence electrons. The summed E-state index contributed by atoms with van der Waals surface area (Å²) >= 11 is 0. The Bertz CT molecular complexity index is 1470. The molecule has 4 nitrogen and oxygen atoms in total. The molecule has 2 unspecified atom stereocenters. The van der Waals surface area contributed by atoms with E-state index in [9.17, 15) is 22.0 Å². The standard InChI is InChI=1S/C27H24F5N3OP2/c1-14-21(28)11-16(23(30)26(14)37)13-35(33)18-4-8-20(9-5-18)36-19-6-2-17(3-7-19)34-12-15-10-22(29)24(31)25(32)27(15)38/h2-11,34H,12-13,33,37-38H2,1H3. The number of halogens is 5. The van der Waals surface area contributed by atoms with E-state index >= 15 is 0 Å². The van der Waals surface area contributed by atoms with Gasteiger partial charge in [0.05, 0.1) is 12.2 Å². The Hall–Kier alpha value is -3.25. The van der Waals surface area contributed by atoms with Crippen LogP contribution in [-0.4, -0.2) is 0 Å². The zero-order chi connectivity index (χ0) is 27.6. The average Bonchev–Trinajstić information content (AvgIpc) is 2.91. The highest BCUT2D eigenvalue weighted by atomic mass is 31.0. The minimum atomic E-state index is -1.50. The van der Waals surface area contributed by atoms with Gasteiger partial charge in [-0.25, -0.2) is 27.8 Å². The third-order valence-electron chi connectivity index (χ3n) is 5.95. The Labute approximate surface area is 221 Å². The van der Waals surface area contributed by atoms with E-state index in [1.807, 2.05) is 0 Å². The topological polar surface area (TPSA) is 50.5 Å². The van der Waals surface area contributed by atoms with Crippen LogP contribution in [0.25, 0.3) is 0 Å². The lowest BCUT2D eigenvalue weighted by atomic mass is 10.1. The van der Waals surface area contributed by atoms with Crippen LogP contribution >= 0.6 is 18.5 Å². The lowest BCUT2D eigenvalue weighted by Crippen LogP contribution is -2.31. The van der Waals surface area contributed by atoms with Gasteiger partial charge in [0, 0.05) is 28.4 Å². The Morgan fingerprint density at radius 2 is 1.34 bits per heavy atom. The highest BCUT2D eigenvalue weighted by molar-refractivity contribution is 7.27. The number of benzene rings is 4. The summed E-state index contributed by atoms with van der Waals surface area (Å²) in [5.41, 5.74) is 1.88. The first-order chi connectivity index (χ1) is 18.0. The molecule has 3 N–H and O–H groups in total. The van der Waals surface area contributed by atoms with Crippen molar-refractivity contribution in [3.63, 3.8) is 0 Å². The number of hydrogen-bond donors (Lipinski definition) is 2. The fourth-order valence-electron chi connectivity index (χ4n) is 3.66. The second-order valence-corrected chi connectivity index (χ2v) is 9.69. The van der Waals surface area contributed by atoms with Crippen molar-refractivity contribution in [2.24, 2.45) is 5.84 Å². The number of ether oxygens (including phenoxy) is 1. The number of nitrogens with zero attached hydrogens (tertiary/aromatic N) is 1. The maximum Gasteiger partial charge on any atom is 0.195 e. The Morgan fingerprint density at radius 3 is 1.97 bits per heavy atom. The number of nitrogens with two attached hydrogens (primary N) is 1. The Balaban J connectivity index is 1.36. The van der Waals surface area contributed by atoms with Crippen LogP contribution in [0.3, 0.4) is 0 Å². The summed E-state index contributed by atoms with van der Waals surface area (Å²) in [5.74, 6) is 2.13. The van der Waals surface area contributed by atoms with Crippen LogP contribution < -0.4 is 31.5 Å². The summed E-state index contributed by atoms with van der Waals surface area (Å²) in [6.45, 7) is 1.56. The maximum absolute atomic E-state index is 14.5. The van der Waals surface area contributed by atoms with Crippen LogP contribution in [0.15, 0.2) is 60.7 Å². The van der Waals surface area contributed by atoms with E-state index < -0.39 is 29.1 Å². The van der Waals surface area contributed by atoms with Gasteiger partial charge in [-0.2, -0.15) is 0 Å². The highest BCUT2D eigenvalue weighted by Gasteiger charge is 2.16. The van der Waals surface area contributed by atoms with Crippen molar-refractivity contribution < 1.29 is 26.7 Å². The van der Waals surface area contributed by atoms with Crippen molar-refractivity contribution in [3.05, 3.63) is 106 Å². The molecule has 0 aliphatic carbocycles. The molecule has 4 rings (SSSR count). The average molecular weight is 563 g/mol. The van der Waals surface area contributed by atoms with Crippen LogP contribution in [0.2, 0.25) is 0 Å². The molecular formula is C27H24F5N3OP2. The third-order valence-corrected chi connectivity index (χ3v) is 7.26. The number of anilines is 2. The fraction of sp³-hybridized carbons (Fsp3) is 0.111. The predicted octanol–water partition coefficient (Wildman–Crippen LogP) is 5.98. The van der Waals surface area contributed by atoms with E-state index in [1.165, 1.54) is 11.9 Å². The molecule has 0 aromatic heterocycles. The lowest BCUT2D eigenvalue weighted by Gasteiger charge is -2.20. The van der Waals surface area contributed by atoms with E-state index in [0.717, 1.165) is 12.1 Å². The second kappa shape index (κ2) is 11.6. The molecule has 0 saturated heterocycles. The summed E-state index contributed by atoms with van der Waals surface area (Å²) in [6, 6.07) is 15.7. The van der Waals surface area contributed by atoms with Gasteiger partial charge in [-0.3, -0.25) is 0 Å². The first-order valence-corrected chi connectivity index (χ1v) is 12.5. The van der Waals surface area contributed by atoms with Crippen molar-refractivity contribution in [1.29, 1.82) is 0 Å². The molecule has 2 atom stereocenters. The van der Waals surface area contributed by atoms with Gasteiger partial charge in [-0.05, 0) is 78.7 Å². The number of nitrogens with one attached hydrogen (secondary N) is 1. The van der Waals surface area contributed by atoms with Gasteiger partial charge in [-0.1, -0.05) is 0 Å². The summed E-state index contributed by atoms with van der Waals surface area (Å²) in [7, 11) is 4.29. The molecule has 4 aromatic rings. The molecule has 11 heteroatoms. The fourth-order valence-corrected chi connectivity index (χ4v) is 4.30. The highest BCUT2D eigenvalue weighted by Crippen LogP contribution is 2.26. The molecular weight excluding hydrogens is 539 g/mol. The summed E-state index contributed by atoms with van der Waals surface area (Å²) in [5, 5.41) is 4.46. The summed E-state index contributed by atoms with van der Waals surface area (Å²) < 4.78 is 75.0. The summed E-state index contributed by atoms with van der Waals surface area (Å²) in [6.07, 6.45) is 0. The first-order valence-electron chi connectivity index (χ1n) is 11.3. The molecule has 0 aliphatic heterocycles. The van der Waals surface area contributed by atoms with Gasteiger partial charge >= 0.3 is 0 Å². The van der Waals surface area contributed by atoms with Crippen molar-refractivity contribution in [2.45, 2.75) is 20.0 Å². The molecule has 38 heavy (non-hydrogen) atoms. The van der Waals surface area contributed by atoms with Gasteiger partial charge in [0.15, 0.2) is 17.5 Å². The molecule has 0 bridgehead atoms. The van der Waals surface area contributed by atoms with Crippen molar-refractivity contribution >= 4 is 40.5 Å². The van der Waals surface area contributed by atoms with Crippen molar-refractivity contribution in [1.82, 2.24) is 0 Å². The quantitative estimate of drug-likeness (QED) is 0.0912. The van der Waals surface area contributed by atoms with Crippen molar-refractivity contribution in [2.75, 3.05) is 10.3 Å². The normalized spacial score (nSPS) is 11.0. The largest absolute Gasteiger partial charge is 0.457 e. The molecule has 0 aliphatic rings. The molecule has 0 amide bonds. The van der Waals surface area contributed by atoms with Crippen LogP contribution in [0.1, 0.15) is 16.7 Å². The van der Waals surface area contributed by atoms with E-state index in [-0.39, 0.29) is 40.4 Å². The second-order valence-electron chi connectivity index (χ2n) is 8.53. The zero-order valence-corrected chi connectivity index (χ0v) is 22.5. The third kappa shape index (κ3) is 6.07. The summed E-state index contributed by atoms with van der Waals surface area (Å²) in [4.78, 5) is 0. The zero-order valence-electron chi connectivity index (χ0n) is 20.2. The van der Waals surface area contributed by atoms with Gasteiger partial charge in [0.1, 0.15) is 23.1 Å². The van der Waals surface area contributed by atoms with Gasteiger partial charge < -0.3 is 15.1 Å². The van der Waals surface area contributed by atoms with Gasteiger partial charge in [0.2, 0.25) is 0 Å². The predicted molar refractivity (Wildman–Crippen MR) is 147 cm³/mol. The van der Waals surface area contributed by atoms with Crippen LogP contribution in [0.4, 0.5) is 33.3 Å².